The Hall–Kier alpha value is -1.03. The standard InChI is InChI=1S/C11H18ClNO3/c1-10(2)11(14)16-7-4-3-6-13-9-15-8-5-12/h9H,1,3-8H2,2H3/b13-9+. The first-order chi connectivity index (χ1) is 7.68. The molecule has 0 radical (unpaired) electrons. The molecule has 0 saturated heterocycles. The molecule has 0 aliphatic rings. The third kappa shape index (κ3) is 9.52. The van der Waals surface area contributed by atoms with Crippen LogP contribution in [0.15, 0.2) is 17.1 Å². The van der Waals surface area contributed by atoms with E-state index in [9.17, 15) is 4.79 Å². The molecule has 4 nitrogen and oxygen atoms in total. The molecule has 16 heavy (non-hydrogen) atoms. The predicted molar refractivity (Wildman–Crippen MR) is 65.0 cm³/mol. The van der Waals surface area contributed by atoms with Gasteiger partial charge in [0.2, 0.25) is 0 Å². The van der Waals surface area contributed by atoms with E-state index in [4.69, 9.17) is 21.1 Å². The first-order valence-corrected chi connectivity index (χ1v) is 5.70. The average Bonchev–Trinajstić information content (AvgIpc) is 2.26. The van der Waals surface area contributed by atoms with Gasteiger partial charge in [0, 0.05) is 12.1 Å². The Morgan fingerprint density at radius 2 is 2.19 bits per heavy atom. The molecule has 0 spiro atoms. The highest BCUT2D eigenvalue weighted by molar-refractivity contribution is 6.18. The van der Waals surface area contributed by atoms with Crippen molar-refractivity contribution in [1.82, 2.24) is 0 Å². The van der Waals surface area contributed by atoms with Gasteiger partial charge >= 0.3 is 5.97 Å². The van der Waals surface area contributed by atoms with Gasteiger partial charge in [0.05, 0.1) is 12.5 Å². The van der Waals surface area contributed by atoms with Crippen molar-refractivity contribution in [3.63, 3.8) is 0 Å². The molecule has 0 aliphatic heterocycles. The van der Waals surface area contributed by atoms with E-state index in [1.807, 2.05) is 0 Å². The van der Waals surface area contributed by atoms with Crippen molar-refractivity contribution in [3.05, 3.63) is 12.2 Å². The van der Waals surface area contributed by atoms with E-state index >= 15 is 0 Å². The Morgan fingerprint density at radius 3 is 2.81 bits per heavy atom. The van der Waals surface area contributed by atoms with E-state index in [1.165, 1.54) is 6.40 Å². The fraction of sp³-hybridized carbons (Fsp3) is 0.636. The van der Waals surface area contributed by atoms with E-state index in [0.29, 0.717) is 31.2 Å². The minimum atomic E-state index is -0.339. The third-order valence-electron chi connectivity index (χ3n) is 1.61. The Labute approximate surface area is 101 Å². The van der Waals surface area contributed by atoms with Gasteiger partial charge in [0.25, 0.3) is 0 Å². The molecule has 0 unspecified atom stereocenters. The number of aliphatic imine (C=N–C) groups is 1. The number of unbranched alkanes of at least 4 members (excludes halogenated alkanes) is 1. The van der Waals surface area contributed by atoms with Crippen LogP contribution in [-0.4, -0.2) is 38.0 Å². The van der Waals surface area contributed by atoms with Gasteiger partial charge < -0.3 is 9.47 Å². The van der Waals surface area contributed by atoms with E-state index < -0.39 is 0 Å². The number of alkyl halides is 1. The van der Waals surface area contributed by atoms with Crippen molar-refractivity contribution in [3.8, 4) is 0 Å². The van der Waals surface area contributed by atoms with Crippen molar-refractivity contribution < 1.29 is 14.3 Å². The molecule has 92 valence electrons. The molecule has 0 fully saturated rings. The molecule has 0 amide bonds. The Morgan fingerprint density at radius 1 is 1.44 bits per heavy atom. The second kappa shape index (κ2) is 10.5. The maximum absolute atomic E-state index is 11.0. The summed E-state index contributed by atoms with van der Waals surface area (Å²) in [5, 5.41) is 0. The normalized spacial score (nSPS) is 10.4. The first-order valence-electron chi connectivity index (χ1n) is 5.17. The summed E-state index contributed by atoms with van der Waals surface area (Å²) in [5.41, 5.74) is 0.424. The van der Waals surface area contributed by atoms with Crippen molar-refractivity contribution >= 4 is 24.0 Å². The summed E-state index contributed by atoms with van der Waals surface area (Å²) in [4.78, 5) is 15.0. The minimum Gasteiger partial charge on any atom is -0.482 e. The number of rotatable bonds is 9. The molecule has 0 aromatic heterocycles. The summed E-state index contributed by atoms with van der Waals surface area (Å²) >= 11 is 5.40. The number of hydrogen-bond acceptors (Lipinski definition) is 4. The van der Waals surface area contributed by atoms with Crippen molar-refractivity contribution in [2.75, 3.05) is 25.6 Å². The quantitative estimate of drug-likeness (QED) is 0.157. The molecule has 0 aromatic carbocycles. The number of ether oxygens (including phenoxy) is 2. The number of nitrogens with zero attached hydrogens (tertiary/aromatic N) is 1. The zero-order valence-corrected chi connectivity index (χ0v) is 10.3. The predicted octanol–water partition coefficient (Wildman–Crippen LogP) is 2.17. The van der Waals surface area contributed by atoms with Gasteiger partial charge in [-0.2, -0.15) is 0 Å². The van der Waals surface area contributed by atoms with Crippen LogP contribution in [0.3, 0.4) is 0 Å². The Bertz CT molecular complexity index is 241. The minimum absolute atomic E-state index is 0.339. The number of hydrogen-bond donors (Lipinski definition) is 0. The molecule has 0 rings (SSSR count). The molecule has 0 bridgehead atoms. The highest BCUT2D eigenvalue weighted by Gasteiger charge is 2.01. The fourth-order valence-electron chi connectivity index (χ4n) is 0.796. The van der Waals surface area contributed by atoms with Crippen LogP contribution in [0.5, 0.6) is 0 Å². The van der Waals surface area contributed by atoms with Gasteiger partial charge in [0.15, 0.2) is 6.40 Å². The van der Waals surface area contributed by atoms with Crippen molar-refractivity contribution in [1.29, 1.82) is 0 Å². The van der Waals surface area contributed by atoms with E-state index in [-0.39, 0.29) is 5.97 Å². The lowest BCUT2D eigenvalue weighted by Crippen LogP contribution is -2.06. The molecule has 0 N–H and O–H groups in total. The van der Waals surface area contributed by atoms with Crippen molar-refractivity contribution in [2.24, 2.45) is 4.99 Å². The largest absolute Gasteiger partial charge is 0.482 e. The SMILES string of the molecule is C=C(C)C(=O)OCCCC/N=C/OCCCl. The van der Waals surface area contributed by atoms with Gasteiger partial charge in [-0.05, 0) is 19.8 Å². The zero-order chi connectivity index (χ0) is 12.2. The molecular weight excluding hydrogens is 230 g/mol. The summed E-state index contributed by atoms with van der Waals surface area (Å²) < 4.78 is 9.85. The topological polar surface area (TPSA) is 47.9 Å². The highest BCUT2D eigenvalue weighted by atomic mass is 35.5. The van der Waals surface area contributed by atoms with Crippen LogP contribution >= 0.6 is 11.6 Å². The Balaban J connectivity index is 3.24. The molecule has 0 saturated carbocycles. The van der Waals surface area contributed by atoms with Crippen LogP contribution in [0.2, 0.25) is 0 Å². The van der Waals surface area contributed by atoms with Crippen molar-refractivity contribution in [2.45, 2.75) is 19.8 Å². The molecular formula is C11H18ClNO3. The van der Waals surface area contributed by atoms with Gasteiger partial charge in [-0.3, -0.25) is 4.99 Å². The van der Waals surface area contributed by atoms with Crippen LogP contribution in [0.4, 0.5) is 0 Å². The van der Waals surface area contributed by atoms with E-state index in [0.717, 1.165) is 12.8 Å². The van der Waals surface area contributed by atoms with Crippen LogP contribution < -0.4 is 0 Å². The summed E-state index contributed by atoms with van der Waals surface area (Å²) in [6, 6.07) is 0. The van der Waals surface area contributed by atoms with Crippen LogP contribution in [0, 0.1) is 0 Å². The van der Waals surface area contributed by atoms with Crippen LogP contribution in [0.1, 0.15) is 19.8 Å². The number of halogens is 1. The summed E-state index contributed by atoms with van der Waals surface area (Å²) in [5.74, 6) is 0.122. The number of esters is 1. The molecule has 0 aliphatic carbocycles. The fourth-order valence-corrected chi connectivity index (χ4v) is 0.885. The molecule has 0 atom stereocenters. The summed E-state index contributed by atoms with van der Waals surface area (Å²) in [7, 11) is 0. The lowest BCUT2D eigenvalue weighted by molar-refractivity contribution is -0.139. The van der Waals surface area contributed by atoms with E-state index in [2.05, 4.69) is 11.6 Å². The molecule has 0 heterocycles. The van der Waals surface area contributed by atoms with Gasteiger partial charge in [-0.1, -0.05) is 6.58 Å². The lowest BCUT2D eigenvalue weighted by atomic mass is 10.3. The van der Waals surface area contributed by atoms with Gasteiger partial charge in [0.1, 0.15) is 6.61 Å². The second-order valence-corrected chi connectivity index (χ2v) is 3.57. The molecule has 5 heteroatoms. The summed E-state index contributed by atoms with van der Waals surface area (Å²) in [6.07, 6.45) is 3.04. The molecule has 0 aromatic rings. The zero-order valence-electron chi connectivity index (χ0n) is 9.58. The van der Waals surface area contributed by atoms with Crippen LogP contribution in [0.25, 0.3) is 0 Å². The maximum atomic E-state index is 11.0. The lowest BCUT2D eigenvalue weighted by Gasteiger charge is -2.02. The average molecular weight is 248 g/mol. The highest BCUT2D eigenvalue weighted by Crippen LogP contribution is 1.96. The van der Waals surface area contributed by atoms with Gasteiger partial charge in [-0.25, -0.2) is 4.79 Å². The first kappa shape index (κ1) is 15.0. The van der Waals surface area contributed by atoms with E-state index in [1.54, 1.807) is 6.92 Å². The maximum Gasteiger partial charge on any atom is 0.333 e. The Kier molecular flexibility index (Phi) is 9.81. The third-order valence-corrected chi connectivity index (χ3v) is 1.76. The smallest absolute Gasteiger partial charge is 0.333 e. The van der Waals surface area contributed by atoms with Gasteiger partial charge in [-0.15, -0.1) is 11.6 Å². The summed E-state index contributed by atoms with van der Waals surface area (Å²) in [6.45, 7) is 6.65. The second-order valence-electron chi connectivity index (χ2n) is 3.19. The number of carbonyl (C=O) groups is 1. The monoisotopic (exact) mass is 247 g/mol. The number of carbonyl (C=O) groups excluding carboxylic acids is 1. The van der Waals surface area contributed by atoms with Crippen LogP contribution in [-0.2, 0) is 14.3 Å².